The highest BCUT2D eigenvalue weighted by atomic mass is 32.1. The fraction of sp³-hybridized carbons (Fsp3) is 0.455. The van der Waals surface area contributed by atoms with Gasteiger partial charge in [-0.05, 0) is 32.4 Å². The molecule has 0 N–H and O–H groups in total. The number of carbonyl (C=O) groups excluding carboxylic acids is 1. The molecular weight excluding hydrogens is 208 g/mol. The maximum absolute atomic E-state index is 11.9. The molecule has 1 aromatic heterocycles. The van der Waals surface area contributed by atoms with E-state index in [0.29, 0.717) is 4.88 Å². The van der Waals surface area contributed by atoms with Crippen LogP contribution >= 0.6 is 11.3 Å². The Hall–Kier alpha value is -1.34. The summed E-state index contributed by atoms with van der Waals surface area (Å²) in [4.78, 5) is 15.2. The van der Waals surface area contributed by atoms with Gasteiger partial charge in [-0.25, -0.2) is 0 Å². The molecule has 4 heteroatoms. The maximum atomic E-state index is 11.9. The van der Waals surface area contributed by atoms with Gasteiger partial charge in [0.2, 0.25) is 0 Å². The summed E-state index contributed by atoms with van der Waals surface area (Å²) in [6, 6.07) is 3.54. The minimum atomic E-state index is -0.389. The lowest BCUT2D eigenvalue weighted by Gasteiger charge is -2.18. The van der Waals surface area contributed by atoms with Gasteiger partial charge in [0.25, 0.3) is 5.91 Å². The second-order valence-electron chi connectivity index (χ2n) is 3.57. The molecule has 0 aliphatic heterocycles. The SMILES string of the molecule is Cc1cc(C(=O)N(C)C(C)C#N)sc1C. The van der Waals surface area contributed by atoms with E-state index in [2.05, 4.69) is 0 Å². The summed E-state index contributed by atoms with van der Waals surface area (Å²) < 4.78 is 0. The van der Waals surface area contributed by atoms with Crippen molar-refractivity contribution in [1.29, 1.82) is 5.26 Å². The van der Waals surface area contributed by atoms with Crippen molar-refractivity contribution in [2.45, 2.75) is 26.8 Å². The van der Waals surface area contributed by atoms with Gasteiger partial charge in [0.1, 0.15) is 6.04 Å². The minimum Gasteiger partial charge on any atom is -0.325 e. The first-order valence-corrected chi connectivity index (χ1v) is 5.52. The highest BCUT2D eigenvalue weighted by molar-refractivity contribution is 7.14. The molecular formula is C11H14N2OS. The lowest BCUT2D eigenvalue weighted by Crippen LogP contribution is -2.33. The molecule has 1 amide bonds. The van der Waals surface area contributed by atoms with Gasteiger partial charge in [-0.1, -0.05) is 0 Å². The van der Waals surface area contributed by atoms with Crippen molar-refractivity contribution in [3.63, 3.8) is 0 Å². The van der Waals surface area contributed by atoms with Crippen molar-refractivity contribution < 1.29 is 4.79 Å². The van der Waals surface area contributed by atoms with Crippen LogP contribution in [0.15, 0.2) is 6.07 Å². The van der Waals surface area contributed by atoms with E-state index in [1.807, 2.05) is 26.0 Å². The van der Waals surface area contributed by atoms with Gasteiger partial charge < -0.3 is 4.90 Å². The van der Waals surface area contributed by atoms with Crippen LogP contribution in [-0.4, -0.2) is 23.9 Å². The molecule has 0 radical (unpaired) electrons. The topological polar surface area (TPSA) is 44.1 Å². The number of nitrogens with zero attached hydrogens (tertiary/aromatic N) is 2. The molecule has 1 atom stereocenters. The largest absolute Gasteiger partial charge is 0.325 e. The van der Waals surface area contributed by atoms with Crippen LogP contribution in [0.4, 0.5) is 0 Å². The minimum absolute atomic E-state index is 0.0785. The lowest BCUT2D eigenvalue weighted by atomic mass is 10.2. The second-order valence-corrected chi connectivity index (χ2v) is 4.83. The van der Waals surface area contributed by atoms with Crippen LogP contribution in [-0.2, 0) is 0 Å². The summed E-state index contributed by atoms with van der Waals surface area (Å²) in [6.07, 6.45) is 0. The van der Waals surface area contributed by atoms with Crippen molar-refractivity contribution in [3.05, 3.63) is 21.4 Å². The monoisotopic (exact) mass is 222 g/mol. The Balaban J connectivity index is 2.91. The van der Waals surface area contributed by atoms with Crippen molar-refractivity contribution in [1.82, 2.24) is 4.90 Å². The number of aryl methyl sites for hydroxylation is 2. The van der Waals surface area contributed by atoms with Crippen LogP contribution in [0.5, 0.6) is 0 Å². The number of thiophene rings is 1. The van der Waals surface area contributed by atoms with Crippen LogP contribution < -0.4 is 0 Å². The zero-order valence-electron chi connectivity index (χ0n) is 9.37. The van der Waals surface area contributed by atoms with E-state index >= 15 is 0 Å². The normalized spacial score (nSPS) is 11.9. The number of hydrogen-bond acceptors (Lipinski definition) is 3. The third-order valence-electron chi connectivity index (χ3n) is 2.46. The summed E-state index contributed by atoms with van der Waals surface area (Å²) >= 11 is 1.48. The molecule has 1 heterocycles. The van der Waals surface area contributed by atoms with Gasteiger partial charge >= 0.3 is 0 Å². The van der Waals surface area contributed by atoms with Gasteiger partial charge in [0.15, 0.2) is 0 Å². The molecule has 1 unspecified atom stereocenters. The predicted octanol–water partition coefficient (Wildman–Crippen LogP) is 2.35. The number of nitriles is 1. The third kappa shape index (κ3) is 2.37. The fourth-order valence-corrected chi connectivity index (χ4v) is 2.13. The van der Waals surface area contributed by atoms with Crippen molar-refractivity contribution in [3.8, 4) is 6.07 Å². The van der Waals surface area contributed by atoms with E-state index < -0.39 is 0 Å². The van der Waals surface area contributed by atoms with Crippen LogP contribution in [0.25, 0.3) is 0 Å². The number of hydrogen-bond donors (Lipinski definition) is 0. The van der Waals surface area contributed by atoms with Gasteiger partial charge in [0, 0.05) is 11.9 Å². The van der Waals surface area contributed by atoms with Crippen molar-refractivity contribution in [2.75, 3.05) is 7.05 Å². The van der Waals surface area contributed by atoms with Gasteiger partial charge in [-0.3, -0.25) is 4.79 Å². The Kier molecular flexibility index (Phi) is 3.48. The zero-order valence-corrected chi connectivity index (χ0v) is 10.2. The molecule has 0 saturated carbocycles. The number of amides is 1. The van der Waals surface area contributed by atoms with E-state index in [1.54, 1.807) is 14.0 Å². The number of rotatable bonds is 2. The molecule has 0 spiro atoms. The molecule has 1 rings (SSSR count). The third-order valence-corrected chi connectivity index (χ3v) is 3.61. The summed E-state index contributed by atoms with van der Waals surface area (Å²) in [5.41, 5.74) is 1.13. The molecule has 3 nitrogen and oxygen atoms in total. The van der Waals surface area contributed by atoms with E-state index in [0.717, 1.165) is 10.4 Å². The first-order chi connectivity index (χ1) is 6.97. The highest BCUT2D eigenvalue weighted by Gasteiger charge is 2.18. The Morgan fingerprint density at radius 2 is 2.20 bits per heavy atom. The molecule has 80 valence electrons. The first-order valence-electron chi connectivity index (χ1n) is 4.71. The quantitative estimate of drug-likeness (QED) is 0.771. The second kappa shape index (κ2) is 4.45. The van der Waals surface area contributed by atoms with Gasteiger partial charge in [0.05, 0.1) is 10.9 Å². The van der Waals surface area contributed by atoms with E-state index in [-0.39, 0.29) is 11.9 Å². The van der Waals surface area contributed by atoms with Crippen molar-refractivity contribution >= 4 is 17.2 Å². The smallest absolute Gasteiger partial charge is 0.264 e. The van der Waals surface area contributed by atoms with Crippen LogP contribution in [0, 0.1) is 25.2 Å². The molecule has 0 aromatic carbocycles. The van der Waals surface area contributed by atoms with Gasteiger partial charge in [-0.15, -0.1) is 11.3 Å². The van der Waals surface area contributed by atoms with Crippen molar-refractivity contribution in [2.24, 2.45) is 0 Å². The average molecular weight is 222 g/mol. The molecule has 0 bridgehead atoms. The Morgan fingerprint density at radius 1 is 1.60 bits per heavy atom. The Bertz CT molecular complexity index is 397. The molecule has 0 aliphatic rings. The molecule has 0 aliphatic carbocycles. The average Bonchev–Trinajstić information content (AvgIpc) is 2.56. The highest BCUT2D eigenvalue weighted by Crippen LogP contribution is 2.22. The standard InChI is InChI=1S/C11H14N2OS/c1-7-5-10(15-9(7)3)11(14)13(4)8(2)6-12/h5,8H,1-4H3. The van der Waals surface area contributed by atoms with Crippen LogP contribution in [0.1, 0.15) is 27.0 Å². The van der Waals surface area contributed by atoms with E-state index in [1.165, 1.54) is 16.2 Å². The predicted molar refractivity (Wildman–Crippen MR) is 61.0 cm³/mol. The zero-order chi connectivity index (χ0) is 11.6. The first kappa shape index (κ1) is 11.7. The lowest BCUT2D eigenvalue weighted by molar-refractivity contribution is 0.0778. The van der Waals surface area contributed by atoms with Crippen LogP contribution in [0.3, 0.4) is 0 Å². The summed E-state index contributed by atoms with van der Waals surface area (Å²) in [7, 11) is 1.65. The molecule has 15 heavy (non-hydrogen) atoms. The van der Waals surface area contributed by atoms with E-state index in [9.17, 15) is 4.79 Å². The van der Waals surface area contributed by atoms with Crippen LogP contribution in [0.2, 0.25) is 0 Å². The summed E-state index contributed by atoms with van der Waals surface area (Å²) in [5.74, 6) is -0.0785. The van der Waals surface area contributed by atoms with Gasteiger partial charge in [-0.2, -0.15) is 5.26 Å². The molecule has 1 aromatic rings. The number of carbonyl (C=O) groups is 1. The fourth-order valence-electron chi connectivity index (χ4n) is 1.11. The molecule has 0 fully saturated rings. The van der Waals surface area contributed by atoms with E-state index in [4.69, 9.17) is 5.26 Å². The maximum Gasteiger partial charge on any atom is 0.264 e. The Labute approximate surface area is 93.9 Å². The Morgan fingerprint density at radius 3 is 2.60 bits per heavy atom. The molecule has 0 saturated heterocycles. The summed E-state index contributed by atoms with van der Waals surface area (Å²) in [6.45, 7) is 5.69. The summed E-state index contributed by atoms with van der Waals surface area (Å²) in [5, 5.41) is 8.72.